The Kier molecular flexibility index (Phi) is 3.69. The van der Waals surface area contributed by atoms with E-state index in [1.807, 2.05) is 23.1 Å². The Bertz CT molecular complexity index is 926. The average molecular weight is 321 g/mol. The number of piperidine rings is 1. The number of rotatable bonds is 2. The van der Waals surface area contributed by atoms with Gasteiger partial charge in [0.05, 0.1) is 11.0 Å². The molecule has 0 saturated carbocycles. The number of benzene rings is 2. The van der Waals surface area contributed by atoms with E-state index < -0.39 is 0 Å². The molecule has 4 rings (SSSR count). The second kappa shape index (κ2) is 6.00. The van der Waals surface area contributed by atoms with Gasteiger partial charge in [-0.25, -0.2) is 4.79 Å². The highest BCUT2D eigenvalue weighted by atomic mass is 16.2. The second-order valence-electron chi connectivity index (χ2n) is 6.34. The molecular formula is C19H19N3O2. The summed E-state index contributed by atoms with van der Waals surface area (Å²) in [4.78, 5) is 31.5. The predicted molar refractivity (Wildman–Crippen MR) is 93.2 cm³/mol. The minimum atomic E-state index is -0.253. The van der Waals surface area contributed by atoms with Crippen molar-refractivity contribution in [2.75, 3.05) is 13.1 Å². The van der Waals surface area contributed by atoms with Crippen LogP contribution in [0, 0.1) is 0 Å². The lowest BCUT2D eigenvalue weighted by atomic mass is 9.90. The van der Waals surface area contributed by atoms with Crippen LogP contribution in [-0.2, 0) is 0 Å². The molecule has 1 saturated heterocycles. The number of hydrogen-bond acceptors (Lipinski definition) is 2. The van der Waals surface area contributed by atoms with E-state index >= 15 is 0 Å². The number of imidazole rings is 1. The molecule has 24 heavy (non-hydrogen) atoms. The number of H-pyrrole nitrogens is 2. The quantitative estimate of drug-likeness (QED) is 0.762. The molecule has 122 valence electrons. The number of amides is 1. The van der Waals surface area contributed by atoms with Crippen molar-refractivity contribution in [3.8, 4) is 0 Å². The Hall–Kier alpha value is -2.82. The summed E-state index contributed by atoms with van der Waals surface area (Å²) in [7, 11) is 0. The molecule has 0 radical (unpaired) electrons. The monoisotopic (exact) mass is 321 g/mol. The van der Waals surface area contributed by atoms with Crippen LogP contribution in [0.5, 0.6) is 0 Å². The Morgan fingerprint density at radius 1 is 1.04 bits per heavy atom. The number of aromatic amines is 2. The third-order valence-electron chi connectivity index (χ3n) is 4.74. The fourth-order valence-corrected chi connectivity index (χ4v) is 3.51. The lowest BCUT2D eigenvalue weighted by Gasteiger charge is -2.33. The third kappa shape index (κ3) is 2.73. The van der Waals surface area contributed by atoms with Crippen LogP contribution in [0.4, 0.5) is 0 Å². The Morgan fingerprint density at radius 2 is 1.83 bits per heavy atom. The maximum atomic E-state index is 12.9. The zero-order valence-electron chi connectivity index (χ0n) is 13.3. The van der Waals surface area contributed by atoms with Crippen LogP contribution in [0.3, 0.4) is 0 Å². The number of nitrogens with zero attached hydrogens (tertiary/aromatic N) is 1. The van der Waals surface area contributed by atoms with Crippen molar-refractivity contribution >= 4 is 16.9 Å². The molecule has 0 spiro atoms. The third-order valence-corrected chi connectivity index (χ3v) is 4.74. The molecule has 1 atom stereocenters. The van der Waals surface area contributed by atoms with Crippen molar-refractivity contribution < 1.29 is 4.79 Å². The van der Waals surface area contributed by atoms with Gasteiger partial charge in [0.25, 0.3) is 5.91 Å². The Morgan fingerprint density at radius 3 is 2.67 bits per heavy atom. The molecule has 2 aromatic carbocycles. The van der Waals surface area contributed by atoms with Gasteiger partial charge in [-0.05, 0) is 36.6 Å². The first-order chi connectivity index (χ1) is 11.7. The summed E-state index contributed by atoms with van der Waals surface area (Å²) in [6, 6.07) is 15.7. The fraction of sp³-hybridized carbons (Fsp3) is 0.263. The van der Waals surface area contributed by atoms with Crippen LogP contribution in [0.25, 0.3) is 11.0 Å². The summed E-state index contributed by atoms with van der Waals surface area (Å²) >= 11 is 0. The minimum Gasteiger partial charge on any atom is -0.338 e. The molecule has 3 aromatic rings. The van der Waals surface area contributed by atoms with Crippen molar-refractivity contribution in [3.63, 3.8) is 0 Å². The highest BCUT2D eigenvalue weighted by Crippen LogP contribution is 2.27. The van der Waals surface area contributed by atoms with E-state index in [9.17, 15) is 9.59 Å². The SMILES string of the molecule is O=C(c1ccc2[nH]c(=O)[nH]c2c1)N1CCCC(c2ccccc2)C1. The predicted octanol–water partition coefficient (Wildman–Crippen LogP) is 2.88. The summed E-state index contributed by atoms with van der Waals surface area (Å²) in [6.07, 6.45) is 2.12. The first-order valence-corrected chi connectivity index (χ1v) is 8.27. The maximum absolute atomic E-state index is 12.9. The first kappa shape index (κ1) is 14.8. The molecule has 2 N–H and O–H groups in total. The molecule has 0 bridgehead atoms. The van der Waals surface area contributed by atoms with Gasteiger partial charge in [-0.2, -0.15) is 0 Å². The van der Waals surface area contributed by atoms with Crippen molar-refractivity contribution in [2.24, 2.45) is 0 Å². The number of fused-ring (bicyclic) bond motifs is 1. The number of nitrogens with one attached hydrogen (secondary N) is 2. The van der Waals surface area contributed by atoms with Crippen molar-refractivity contribution in [3.05, 3.63) is 70.1 Å². The largest absolute Gasteiger partial charge is 0.338 e. The minimum absolute atomic E-state index is 0.0274. The van der Waals surface area contributed by atoms with Gasteiger partial charge in [-0.3, -0.25) is 4.79 Å². The van der Waals surface area contributed by atoms with E-state index in [1.54, 1.807) is 18.2 Å². The van der Waals surface area contributed by atoms with Crippen LogP contribution >= 0.6 is 0 Å². The van der Waals surface area contributed by atoms with Gasteiger partial charge in [0, 0.05) is 24.6 Å². The van der Waals surface area contributed by atoms with Crippen LogP contribution in [0.15, 0.2) is 53.3 Å². The van der Waals surface area contributed by atoms with Gasteiger partial charge in [-0.1, -0.05) is 30.3 Å². The summed E-state index contributed by atoms with van der Waals surface area (Å²) in [5.41, 5.74) is 3.04. The fourth-order valence-electron chi connectivity index (χ4n) is 3.51. The van der Waals surface area contributed by atoms with Crippen LogP contribution in [0.1, 0.15) is 34.7 Å². The number of likely N-dealkylation sites (tertiary alicyclic amines) is 1. The standard InChI is InChI=1S/C19H19N3O2/c23-18(14-8-9-16-17(11-14)21-19(24)20-16)22-10-4-7-15(12-22)13-5-2-1-3-6-13/h1-3,5-6,8-9,11,15H,4,7,10,12H2,(H2,20,21,24). The van der Waals surface area contributed by atoms with Gasteiger partial charge in [-0.15, -0.1) is 0 Å². The zero-order chi connectivity index (χ0) is 16.5. The number of carbonyl (C=O) groups excluding carboxylic acids is 1. The van der Waals surface area contributed by atoms with Crippen LogP contribution < -0.4 is 5.69 Å². The van der Waals surface area contributed by atoms with E-state index in [4.69, 9.17) is 0 Å². The number of aromatic nitrogens is 2. The van der Waals surface area contributed by atoms with Gasteiger partial charge in [0.1, 0.15) is 0 Å². The molecule has 5 heteroatoms. The number of carbonyl (C=O) groups is 1. The van der Waals surface area contributed by atoms with E-state index in [1.165, 1.54) is 5.56 Å². The van der Waals surface area contributed by atoms with E-state index in [0.29, 0.717) is 17.0 Å². The molecular weight excluding hydrogens is 302 g/mol. The van der Waals surface area contributed by atoms with E-state index in [2.05, 4.69) is 22.1 Å². The maximum Gasteiger partial charge on any atom is 0.323 e. The summed E-state index contributed by atoms with van der Waals surface area (Å²) in [6.45, 7) is 1.52. The molecule has 2 heterocycles. The molecule has 1 unspecified atom stereocenters. The molecule has 0 aliphatic carbocycles. The van der Waals surface area contributed by atoms with Crippen molar-refractivity contribution in [1.29, 1.82) is 0 Å². The average Bonchev–Trinajstić information content (AvgIpc) is 3.01. The topological polar surface area (TPSA) is 69.0 Å². The van der Waals surface area contributed by atoms with Gasteiger partial charge in [0.2, 0.25) is 0 Å². The van der Waals surface area contributed by atoms with Gasteiger partial charge >= 0.3 is 5.69 Å². The van der Waals surface area contributed by atoms with Crippen molar-refractivity contribution in [1.82, 2.24) is 14.9 Å². The lowest BCUT2D eigenvalue weighted by molar-refractivity contribution is 0.0707. The van der Waals surface area contributed by atoms with Crippen molar-refractivity contribution in [2.45, 2.75) is 18.8 Å². The molecule has 1 aromatic heterocycles. The molecule has 5 nitrogen and oxygen atoms in total. The van der Waals surface area contributed by atoms with Crippen LogP contribution in [-0.4, -0.2) is 33.9 Å². The molecule has 1 amide bonds. The molecule has 1 aliphatic rings. The van der Waals surface area contributed by atoms with E-state index in [0.717, 1.165) is 31.4 Å². The molecule has 1 fully saturated rings. The summed E-state index contributed by atoms with van der Waals surface area (Å²) < 4.78 is 0. The highest BCUT2D eigenvalue weighted by molar-refractivity contribution is 5.97. The second-order valence-corrected chi connectivity index (χ2v) is 6.34. The lowest BCUT2D eigenvalue weighted by Crippen LogP contribution is -2.39. The summed E-state index contributed by atoms with van der Waals surface area (Å²) in [5, 5.41) is 0. The summed E-state index contributed by atoms with van der Waals surface area (Å²) in [5.74, 6) is 0.416. The zero-order valence-corrected chi connectivity index (χ0v) is 13.3. The Labute approximate surface area is 139 Å². The normalized spacial score (nSPS) is 18.0. The van der Waals surface area contributed by atoms with Gasteiger partial charge in [0.15, 0.2) is 0 Å². The van der Waals surface area contributed by atoms with E-state index in [-0.39, 0.29) is 11.6 Å². The van der Waals surface area contributed by atoms with Gasteiger partial charge < -0.3 is 14.9 Å². The first-order valence-electron chi connectivity index (χ1n) is 8.27. The highest BCUT2D eigenvalue weighted by Gasteiger charge is 2.25. The molecule has 1 aliphatic heterocycles. The Balaban J connectivity index is 1.57. The smallest absolute Gasteiger partial charge is 0.323 e. The number of hydrogen-bond donors (Lipinski definition) is 2. The van der Waals surface area contributed by atoms with Crippen LogP contribution in [0.2, 0.25) is 0 Å².